The van der Waals surface area contributed by atoms with Crippen LogP contribution in [0.2, 0.25) is 0 Å². The van der Waals surface area contributed by atoms with Gasteiger partial charge in [0.2, 0.25) is 0 Å². The lowest BCUT2D eigenvalue weighted by Gasteiger charge is -2.18. The van der Waals surface area contributed by atoms with Gasteiger partial charge in [-0.25, -0.2) is 0 Å². The lowest BCUT2D eigenvalue weighted by atomic mass is 10.1. The number of benzene rings is 1. The molecule has 1 aliphatic rings. The number of hydrogen-bond acceptors (Lipinski definition) is 1. The fourth-order valence-electron chi connectivity index (χ4n) is 2.78. The first-order valence-corrected chi connectivity index (χ1v) is 7.48. The number of aromatic nitrogens is 1. The molecule has 0 radical (unpaired) electrons. The highest BCUT2D eigenvalue weighted by Gasteiger charge is 2.23. The van der Waals surface area contributed by atoms with Crippen molar-refractivity contribution >= 4 is 11.5 Å². The third-order valence-electron chi connectivity index (χ3n) is 3.86. The van der Waals surface area contributed by atoms with Crippen molar-refractivity contribution in [1.29, 1.82) is 0 Å². The Balaban J connectivity index is 1.73. The highest BCUT2D eigenvalue weighted by atomic mass is 16.2. The molecule has 2 heterocycles. The number of amides is 1. The van der Waals surface area contributed by atoms with E-state index in [-0.39, 0.29) is 5.91 Å². The number of nitrogens with zero attached hydrogens (tertiary/aromatic N) is 2. The summed E-state index contributed by atoms with van der Waals surface area (Å²) in [6, 6.07) is 14.1. The normalized spacial score (nSPS) is 14.3. The minimum absolute atomic E-state index is 0.121. The van der Waals surface area contributed by atoms with E-state index in [1.54, 1.807) is 0 Å². The second-order valence-corrected chi connectivity index (χ2v) is 5.37. The fraction of sp³-hybridized carbons (Fsp3) is 0.278. The molecule has 1 aromatic heterocycles. The largest absolute Gasteiger partial charge is 0.344 e. The van der Waals surface area contributed by atoms with E-state index < -0.39 is 0 Å². The molecule has 3 rings (SSSR count). The average Bonchev–Trinajstić information content (AvgIpc) is 3.17. The van der Waals surface area contributed by atoms with Crippen molar-refractivity contribution in [2.45, 2.75) is 19.9 Å². The Hall–Kier alpha value is -2.29. The Morgan fingerprint density at radius 1 is 1.14 bits per heavy atom. The van der Waals surface area contributed by atoms with Gasteiger partial charge in [0, 0.05) is 25.8 Å². The zero-order valence-electron chi connectivity index (χ0n) is 12.3. The number of carbonyl (C=O) groups is 1. The van der Waals surface area contributed by atoms with Crippen molar-refractivity contribution in [3.05, 3.63) is 66.0 Å². The summed E-state index contributed by atoms with van der Waals surface area (Å²) in [7, 11) is 0. The summed E-state index contributed by atoms with van der Waals surface area (Å²) in [6.07, 6.45) is 5.17. The van der Waals surface area contributed by atoms with Crippen LogP contribution in [0.4, 0.5) is 0 Å². The zero-order valence-corrected chi connectivity index (χ0v) is 12.3. The van der Waals surface area contributed by atoms with Crippen LogP contribution in [0.3, 0.4) is 0 Å². The van der Waals surface area contributed by atoms with E-state index in [9.17, 15) is 4.79 Å². The topological polar surface area (TPSA) is 25.2 Å². The summed E-state index contributed by atoms with van der Waals surface area (Å²) >= 11 is 0. The molecule has 0 saturated heterocycles. The van der Waals surface area contributed by atoms with Gasteiger partial charge in [-0.3, -0.25) is 4.79 Å². The van der Waals surface area contributed by atoms with Crippen molar-refractivity contribution in [2.24, 2.45) is 0 Å². The van der Waals surface area contributed by atoms with Gasteiger partial charge in [-0.2, -0.15) is 0 Å². The van der Waals surface area contributed by atoms with Gasteiger partial charge in [0.25, 0.3) is 5.91 Å². The molecule has 1 aromatic carbocycles. The molecule has 21 heavy (non-hydrogen) atoms. The predicted octanol–water partition coefficient (Wildman–Crippen LogP) is 3.44. The van der Waals surface area contributed by atoms with E-state index >= 15 is 0 Å². The number of carbonyl (C=O) groups excluding carboxylic acids is 1. The first-order valence-electron chi connectivity index (χ1n) is 7.48. The lowest BCUT2D eigenvalue weighted by Crippen LogP contribution is -2.30. The minimum Gasteiger partial charge on any atom is -0.344 e. The summed E-state index contributed by atoms with van der Waals surface area (Å²) < 4.78 is 2.04. The third-order valence-corrected chi connectivity index (χ3v) is 3.86. The van der Waals surface area contributed by atoms with E-state index in [4.69, 9.17) is 0 Å². The zero-order chi connectivity index (χ0) is 14.7. The van der Waals surface area contributed by atoms with Crippen LogP contribution in [0.25, 0.3) is 5.57 Å². The number of aryl methyl sites for hydroxylation is 1. The molecule has 0 spiro atoms. The van der Waals surface area contributed by atoms with Gasteiger partial charge in [-0.05, 0) is 29.7 Å². The standard InChI is InChI=1S/C18H20N2O/c1-2-11-19-12-6-9-17(19)18(21)20-13-10-16(14-20)15-7-4-3-5-8-15/h3-10,12H,2,11,13-14H2,1H3. The van der Waals surface area contributed by atoms with Crippen LogP contribution in [0, 0.1) is 0 Å². The molecule has 3 nitrogen and oxygen atoms in total. The van der Waals surface area contributed by atoms with E-state index in [0.29, 0.717) is 13.1 Å². The SMILES string of the molecule is CCCn1cccc1C(=O)N1CC=C(c2ccccc2)C1. The quantitative estimate of drug-likeness (QED) is 0.842. The maximum Gasteiger partial charge on any atom is 0.271 e. The molecule has 1 aliphatic heterocycles. The molecular formula is C18H20N2O. The summed E-state index contributed by atoms with van der Waals surface area (Å²) in [4.78, 5) is 14.6. The van der Waals surface area contributed by atoms with Crippen LogP contribution in [-0.2, 0) is 6.54 Å². The molecule has 0 fully saturated rings. The second-order valence-electron chi connectivity index (χ2n) is 5.37. The average molecular weight is 280 g/mol. The van der Waals surface area contributed by atoms with Gasteiger partial charge in [-0.15, -0.1) is 0 Å². The maximum atomic E-state index is 12.7. The smallest absolute Gasteiger partial charge is 0.271 e. The first kappa shape index (κ1) is 13.7. The molecule has 3 heteroatoms. The molecule has 0 N–H and O–H groups in total. The Morgan fingerprint density at radius 3 is 2.71 bits per heavy atom. The van der Waals surface area contributed by atoms with E-state index in [1.807, 2.05) is 46.0 Å². The van der Waals surface area contributed by atoms with Crippen molar-refractivity contribution in [2.75, 3.05) is 13.1 Å². The van der Waals surface area contributed by atoms with Gasteiger partial charge in [0.05, 0.1) is 0 Å². The first-order chi connectivity index (χ1) is 10.3. The fourth-order valence-corrected chi connectivity index (χ4v) is 2.78. The summed E-state index contributed by atoms with van der Waals surface area (Å²) in [6.45, 7) is 4.40. The van der Waals surface area contributed by atoms with Crippen LogP contribution in [-0.4, -0.2) is 28.5 Å². The second kappa shape index (κ2) is 6.00. The Kier molecular flexibility index (Phi) is 3.91. The molecular weight excluding hydrogens is 260 g/mol. The van der Waals surface area contributed by atoms with E-state index in [1.165, 1.54) is 11.1 Å². The highest BCUT2D eigenvalue weighted by molar-refractivity contribution is 5.94. The number of rotatable bonds is 4. The van der Waals surface area contributed by atoms with Gasteiger partial charge in [-0.1, -0.05) is 43.3 Å². The third kappa shape index (κ3) is 2.77. The molecule has 0 bridgehead atoms. The molecule has 108 valence electrons. The lowest BCUT2D eigenvalue weighted by molar-refractivity contribution is 0.0791. The summed E-state index contributed by atoms with van der Waals surface area (Å²) in [5.41, 5.74) is 3.23. The van der Waals surface area contributed by atoms with Gasteiger partial charge >= 0.3 is 0 Å². The van der Waals surface area contributed by atoms with Crippen LogP contribution in [0.5, 0.6) is 0 Å². The summed E-state index contributed by atoms with van der Waals surface area (Å²) in [5, 5.41) is 0. The maximum absolute atomic E-state index is 12.7. The van der Waals surface area contributed by atoms with Gasteiger partial charge in [0.15, 0.2) is 0 Å². The Morgan fingerprint density at radius 2 is 1.95 bits per heavy atom. The highest BCUT2D eigenvalue weighted by Crippen LogP contribution is 2.22. The molecule has 0 atom stereocenters. The number of hydrogen-bond donors (Lipinski definition) is 0. The molecule has 1 amide bonds. The minimum atomic E-state index is 0.121. The Labute approximate surface area is 125 Å². The van der Waals surface area contributed by atoms with Crippen LogP contribution in [0.1, 0.15) is 29.4 Å². The van der Waals surface area contributed by atoms with Gasteiger partial charge in [0.1, 0.15) is 5.69 Å². The van der Waals surface area contributed by atoms with E-state index in [0.717, 1.165) is 18.7 Å². The van der Waals surface area contributed by atoms with Crippen molar-refractivity contribution in [3.8, 4) is 0 Å². The van der Waals surface area contributed by atoms with Gasteiger partial charge < -0.3 is 9.47 Å². The molecule has 0 unspecified atom stereocenters. The van der Waals surface area contributed by atoms with Crippen LogP contribution < -0.4 is 0 Å². The van der Waals surface area contributed by atoms with Crippen molar-refractivity contribution in [1.82, 2.24) is 9.47 Å². The van der Waals surface area contributed by atoms with Crippen molar-refractivity contribution < 1.29 is 4.79 Å². The predicted molar refractivity (Wildman–Crippen MR) is 85.0 cm³/mol. The summed E-state index contributed by atoms with van der Waals surface area (Å²) in [5.74, 6) is 0.121. The molecule has 0 saturated carbocycles. The van der Waals surface area contributed by atoms with E-state index in [2.05, 4.69) is 25.1 Å². The molecule has 0 aliphatic carbocycles. The van der Waals surface area contributed by atoms with Crippen LogP contribution in [0.15, 0.2) is 54.7 Å². The monoisotopic (exact) mass is 280 g/mol. The van der Waals surface area contributed by atoms with Crippen LogP contribution >= 0.6 is 0 Å². The van der Waals surface area contributed by atoms with Crippen molar-refractivity contribution in [3.63, 3.8) is 0 Å². The Bertz CT molecular complexity index is 655. The molecule has 2 aromatic rings.